The van der Waals surface area contributed by atoms with Crippen molar-refractivity contribution in [1.82, 2.24) is 34.1 Å². The Hall–Kier alpha value is -9.33. The van der Waals surface area contributed by atoms with Gasteiger partial charge in [-0.25, -0.2) is 24.9 Å². The minimum Gasteiger partial charge on any atom is -0.309 e. The van der Waals surface area contributed by atoms with Crippen LogP contribution in [0, 0.1) is 0 Å². The summed E-state index contributed by atoms with van der Waals surface area (Å²) in [7, 11) is 0. The van der Waals surface area contributed by atoms with Gasteiger partial charge >= 0.3 is 0 Å². The van der Waals surface area contributed by atoms with E-state index in [-0.39, 0.29) is 0 Å². The molecule has 0 spiro atoms. The van der Waals surface area contributed by atoms with E-state index in [0.29, 0.717) is 23.3 Å². The average Bonchev–Trinajstić information content (AvgIpc) is 3.94. The summed E-state index contributed by atoms with van der Waals surface area (Å²) in [5.74, 6) is 2.45. The molecule has 7 nitrogen and oxygen atoms in total. The summed E-state index contributed by atoms with van der Waals surface area (Å²) in [6.45, 7) is 0. The SMILES string of the molecule is c1ccc(-c2nc(-c3ccccc3)nc(-c3cccc(-n4c5ccc(-c6ccc7c(c6)c6ccccc6n7-c6ccccc6)cc5c5c(-c6ccccc6)nc(-c6ccccc6)nc54)c3)n2)cc1. The molecule has 0 fully saturated rings. The number of hydrogen-bond acceptors (Lipinski definition) is 5. The summed E-state index contributed by atoms with van der Waals surface area (Å²) in [5.41, 5.74) is 13.9. The van der Waals surface area contributed by atoms with E-state index in [9.17, 15) is 0 Å². The molecule has 0 amide bonds. The minimum absolute atomic E-state index is 0.580. The Morgan fingerprint density at radius 3 is 1.29 bits per heavy atom. The molecule has 0 radical (unpaired) electrons. The van der Waals surface area contributed by atoms with E-state index in [0.717, 1.165) is 83.5 Å². The fourth-order valence-electron chi connectivity index (χ4n) is 9.60. The van der Waals surface area contributed by atoms with E-state index in [2.05, 4.69) is 161 Å². The lowest BCUT2D eigenvalue weighted by Crippen LogP contribution is -2.02. The van der Waals surface area contributed by atoms with Gasteiger partial charge < -0.3 is 4.57 Å². The van der Waals surface area contributed by atoms with Crippen LogP contribution in [0.15, 0.2) is 237 Å². The van der Waals surface area contributed by atoms with Gasteiger partial charge in [0.15, 0.2) is 23.3 Å². The Labute approximate surface area is 392 Å². The largest absolute Gasteiger partial charge is 0.309 e. The van der Waals surface area contributed by atoms with Gasteiger partial charge in [-0.15, -0.1) is 0 Å². The predicted molar refractivity (Wildman–Crippen MR) is 277 cm³/mol. The lowest BCUT2D eigenvalue weighted by Gasteiger charge is -2.12. The molecular formula is C61H39N7. The molecule has 0 aliphatic rings. The third kappa shape index (κ3) is 6.72. The van der Waals surface area contributed by atoms with Gasteiger partial charge in [0, 0.05) is 55.4 Å². The fraction of sp³-hybridized carbons (Fsp3) is 0. The van der Waals surface area contributed by atoms with Gasteiger partial charge in [-0.3, -0.25) is 4.57 Å². The summed E-state index contributed by atoms with van der Waals surface area (Å²) in [4.78, 5) is 26.0. The maximum absolute atomic E-state index is 5.47. The molecule has 0 saturated heterocycles. The smallest absolute Gasteiger partial charge is 0.164 e. The zero-order valence-electron chi connectivity index (χ0n) is 36.6. The molecule has 0 atom stereocenters. The Bertz CT molecular complexity index is 3940. The molecule has 13 aromatic rings. The molecule has 4 heterocycles. The highest BCUT2D eigenvalue weighted by Crippen LogP contribution is 2.42. The van der Waals surface area contributed by atoms with Crippen molar-refractivity contribution in [3.63, 3.8) is 0 Å². The van der Waals surface area contributed by atoms with E-state index >= 15 is 0 Å². The molecular weight excluding hydrogens is 831 g/mol. The van der Waals surface area contributed by atoms with Crippen molar-refractivity contribution in [3.05, 3.63) is 237 Å². The summed E-state index contributed by atoms with van der Waals surface area (Å²) >= 11 is 0. The summed E-state index contributed by atoms with van der Waals surface area (Å²) < 4.78 is 4.63. The number of rotatable bonds is 8. The first kappa shape index (κ1) is 39.1. The first-order chi connectivity index (χ1) is 33.7. The number of para-hydroxylation sites is 2. The molecule has 0 unspecified atom stereocenters. The zero-order valence-corrected chi connectivity index (χ0v) is 36.6. The number of benzene rings is 9. The number of hydrogen-bond donors (Lipinski definition) is 0. The molecule has 68 heavy (non-hydrogen) atoms. The number of aromatic nitrogens is 7. The van der Waals surface area contributed by atoms with Crippen LogP contribution in [0.3, 0.4) is 0 Å². The molecule has 0 saturated carbocycles. The molecule has 0 bridgehead atoms. The number of nitrogens with zero attached hydrogens (tertiary/aromatic N) is 7. The van der Waals surface area contributed by atoms with Crippen LogP contribution in [-0.4, -0.2) is 34.1 Å². The maximum Gasteiger partial charge on any atom is 0.164 e. The topological polar surface area (TPSA) is 74.3 Å². The fourth-order valence-corrected chi connectivity index (χ4v) is 9.60. The average molecular weight is 870 g/mol. The second-order valence-corrected chi connectivity index (χ2v) is 16.9. The van der Waals surface area contributed by atoms with Crippen LogP contribution < -0.4 is 0 Å². The van der Waals surface area contributed by atoms with Gasteiger partial charge in [-0.05, 0) is 65.7 Å². The Morgan fingerprint density at radius 2 is 0.691 bits per heavy atom. The highest BCUT2D eigenvalue weighted by Gasteiger charge is 2.23. The van der Waals surface area contributed by atoms with E-state index in [4.69, 9.17) is 24.9 Å². The molecule has 4 aromatic heterocycles. The van der Waals surface area contributed by atoms with Crippen LogP contribution in [0.5, 0.6) is 0 Å². The monoisotopic (exact) mass is 869 g/mol. The van der Waals surface area contributed by atoms with Crippen LogP contribution in [0.1, 0.15) is 0 Å². The van der Waals surface area contributed by atoms with Crippen molar-refractivity contribution in [1.29, 1.82) is 0 Å². The molecule has 318 valence electrons. The van der Waals surface area contributed by atoms with Crippen molar-refractivity contribution in [2.24, 2.45) is 0 Å². The Balaban J connectivity index is 1.05. The Kier molecular flexibility index (Phi) is 9.35. The molecule has 0 aliphatic heterocycles. The molecule has 0 aliphatic carbocycles. The van der Waals surface area contributed by atoms with E-state index in [1.54, 1.807) is 0 Å². The highest BCUT2D eigenvalue weighted by molar-refractivity contribution is 6.16. The maximum atomic E-state index is 5.47. The van der Waals surface area contributed by atoms with Crippen LogP contribution in [0.25, 0.3) is 123 Å². The van der Waals surface area contributed by atoms with E-state index in [1.807, 2.05) is 84.9 Å². The van der Waals surface area contributed by atoms with E-state index < -0.39 is 0 Å². The summed E-state index contributed by atoms with van der Waals surface area (Å²) in [6.07, 6.45) is 0. The van der Waals surface area contributed by atoms with Crippen molar-refractivity contribution in [3.8, 4) is 79.3 Å². The van der Waals surface area contributed by atoms with Gasteiger partial charge in [-0.1, -0.05) is 182 Å². The van der Waals surface area contributed by atoms with Crippen molar-refractivity contribution in [2.45, 2.75) is 0 Å². The molecule has 0 N–H and O–H groups in total. The zero-order chi connectivity index (χ0) is 45.0. The first-order valence-corrected chi connectivity index (χ1v) is 22.8. The van der Waals surface area contributed by atoms with Gasteiger partial charge in [0.05, 0.1) is 27.6 Å². The Morgan fingerprint density at radius 1 is 0.250 bits per heavy atom. The van der Waals surface area contributed by atoms with Gasteiger partial charge in [-0.2, -0.15) is 0 Å². The van der Waals surface area contributed by atoms with Crippen molar-refractivity contribution < 1.29 is 0 Å². The quantitative estimate of drug-likeness (QED) is 0.152. The van der Waals surface area contributed by atoms with Crippen molar-refractivity contribution >= 4 is 43.7 Å². The van der Waals surface area contributed by atoms with E-state index in [1.165, 1.54) is 16.3 Å². The predicted octanol–water partition coefficient (Wildman–Crippen LogP) is 14.9. The first-order valence-electron chi connectivity index (χ1n) is 22.8. The normalized spacial score (nSPS) is 11.5. The molecule has 7 heteroatoms. The van der Waals surface area contributed by atoms with Crippen LogP contribution in [0.2, 0.25) is 0 Å². The third-order valence-electron chi connectivity index (χ3n) is 12.8. The van der Waals surface area contributed by atoms with Gasteiger partial charge in [0.25, 0.3) is 0 Å². The second-order valence-electron chi connectivity index (χ2n) is 16.9. The molecule has 9 aromatic carbocycles. The van der Waals surface area contributed by atoms with Gasteiger partial charge in [0.1, 0.15) is 5.65 Å². The minimum atomic E-state index is 0.580. The highest BCUT2D eigenvalue weighted by atomic mass is 15.1. The lowest BCUT2D eigenvalue weighted by atomic mass is 9.99. The molecule has 13 rings (SSSR count). The van der Waals surface area contributed by atoms with Gasteiger partial charge in [0.2, 0.25) is 0 Å². The van der Waals surface area contributed by atoms with Crippen LogP contribution in [-0.2, 0) is 0 Å². The second kappa shape index (κ2) is 16.3. The third-order valence-corrected chi connectivity index (χ3v) is 12.8. The summed E-state index contributed by atoms with van der Waals surface area (Å²) in [5, 5.41) is 4.43. The summed E-state index contributed by atoms with van der Waals surface area (Å²) in [6, 6.07) is 82.2. The number of fused-ring (bicyclic) bond motifs is 6. The van der Waals surface area contributed by atoms with Crippen LogP contribution in [0.4, 0.5) is 0 Å². The van der Waals surface area contributed by atoms with Crippen molar-refractivity contribution in [2.75, 3.05) is 0 Å². The van der Waals surface area contributed by atoms with Crippen LogP contribution >= 0.6 is 0 Å². The lowest BCUT2D eigenvalue weighted by molar-refractivity contribution is 1.07. The standard InChI is InChI=1S/C61H39N7/c1-6-19-40(20-7-1)56-55-51-39-45(44-33-35-53-50(38-44)49-31-16-17-32-52(49)67(53)47-28-14-5-15-29-47)34-36-54(51)68(61(55)66-57(62-56)41-21-8-2-9-22-41)48-30-18-27-46(37-48)60-64-58(42-23-10-3-11-24-42)63-59(65-60)43-25-12-4-13-26-43/h1-39H.